The molecule has 1 aliphatic carbocycles. The number of carbonyl (C=O) groups is 2. The maximum atomic E-state index is 13.6. The van der Waals surface area contributed by atoms with Gasteiger partial charge in [-0.3, -0.25) is 14.9 Å². The van der Waals surface area contributed by atoms with Crippen LogP contribution in [0, 0.1) is 10.1 Å². The number of carbonyl (C=O) groups excluding carboxylic acids is 2. The van der Waals surface area contributed by atoms with Gasteiger partial charge in [-0.25, -0.2) is 4.79 Å². The van der Waals surface area contributed by atoms with E-state index in [1.54, 1.807) is 30.3 Å². The van der Waals surface area contributed by atoms with E-state index in [4.69, 9.17) is 9.47 Å². The molecule has 2 aromatic carbocycles. The van der Waals surface area contributed by atoms with Gasteiger partial charge in [-0.15, -0.1) is 0 Å². The van der Waals surface area contributed by atoms with Gasteiger partial charge in [0, 0.05) is 17.8 Å². The predicted molar refractivity (Wildman–Crippen MR) is 125 cm³/mol. The third kappa shape index (κ3) is 5.32. The molecule has 0 aromatic heterocycles. The highest BCUT2D eigenvalue weighted by atomic mass is 16.6. The lowest BCUT2D eigenvalue weighted by atomic mass is 9.68. The van der Waals surface area contributed by atoms with Crippen LogP contribution in [0.2, 0.25) is 0 Å². The zero-order valence-electron chi connectivity index (χ0n) is 19.3. The van der Waals surface area contributed by atoms with Crippen LogP contribution in [0.1, 0.15) is 68.3 Å². The van der Waals surface area contributed by atoms with E-state index < -0.39 is 16.3 Å². The number of nitrogens with one attached hydrogen (secondary N) is 1. The van der Waals surface area contributed by atoms with Crippen molar-refractivity contribution in [3.05, 3.63) is 63.7 Å². The Balaban J connectivity index is 1.92. The Bertz CT molecular complexity index is 1010. The first kappa shape index (κ1) is 24.2. The Hall–Kier alpha value is -3.42. The highest BCUT2D eigenvalue weighted by Gasteiger charge is 2.41. The number of nitro benzene ring substituents is 1. The van der Waals surface area contributed by atoms with Crippen molar-refractivity contribution in [2.24, 2.45) is 0 Å². The number of nitrogens with zero attached hydrogens (tertiary/aromatic N) is 1. The van der Waals surface area contributed by atoms with Gasteiger partial charge in [-0.2, -0.15) is 0 Å². The molecule has 8 heteroatoms. The first-order chi connectivity index (χ1) is 15.8. The molecule has 0 aliphatic heterocycles. The average Bonchev–Trinajstić information content (AvgIpc) is 2.84. The summed E-state index contributed by atoms with van der Waals surface area (Å²) in [5.74, 6) is -0.341. The van der Waals surface area contributed by atoms with Crippen LogP contribution in [0.25, 0.3) is 0 Å². The summed E-state index contributed by atoms with van der Waals surface area (Å²) in [6, 6.07) is 11.2. The molecule has 1 N–H and O–H groups in total. The quantitative estimate of drug-likeness (QED) is 0.325. The Kier molecular flexibility index (Phi) is 7.68. The summed E-state index contributed by atoms with van der Waals surface area (Å²) in [6.07, 6.45) is 4.80. The molecule has 1 atom stereocenters. The second-order valence-electron chi connectivity index (χ2n) is 8.44. The number of benzene rings is 2. The van der Waals surface area contributed by atoms with Gasteiger partial charge in [0.2, 0.25) is 5.91 Å². The van der Waals surface area contributed by atoms with Crippen LogP contribution in [0.4, 0.5) is 11.4 Å². The SMILES string of the molecule is CC[C@H](C)Oc1ccc(NC(=O)C2(c3ccc([N+](=O)[O-])cc3)CCCCC2)cc1C(=O)OC. The number of hydrogen-bond donors (Lipinski definition) is 1. The fourth-order valence-electron chi connectivity index (χ4n) is 4.24. The van der Waals surface area contributed by atoms with Crippen LogP contribution in [0.5, 0.6) is 5.75 Å². The lowest BCUT2D eigenvalue weighted by Gasteiger charge is -2.36. The summed E-state index contributed by atoms with van der Waals surface area (Å²) >= 11 is 0. The lowest BCUT2D eigenvalue weighted by Crippen LogP contribution is -2.42. The lowest BCUT2D eigenvalue weighted by molar-refractivity contribution is -0.384. The van der Waals surface area contributed by atoms with E-state index in [9.17, 15) is 19.7 Å². The third-order valence-electron chi connectivity index (χ3n) is 6.32. The molecule has 1 aliphatic rings. The van der Waals surface area contributed by atoms with Crippen molar-refractivity contribution in [2.45, 2.75) is 63.9 Å². The molecule has 0 heterocycles. The topological polar surface area (TPSA) is 108 Å². The summed E-state index contributed by atoms with van der Waals surface area (Å²) < 4.78 is 10.7. The predicted octanol–water partition coefficient (Wildman–Crippen LogP) is 5.40. The van der Waals surface area contributed by atoms with Gasteiger partial charge in [-0.05, 0) is 49.9 Å². The monoisotopic (exact) mass is 454 g/mol. The minimum absolute atomic E-state index is 0.00951. The van der Waals surface area contributed by atoms with Crippen molar-refractivity contribution in [1.82, 2.24) is 0 Å². The third-order valence-corrected chi connectivity index (χ3v) is 6.32. The molecule has 8 nitrogen and oxygen atoms in total. The smallest absolute Gasteiger partial charge is 0.341 e. The maximum absolute atomic E-state index is 13.6. The fraction of sp³-hybridized carbons (Fsp3) is 0.440. The molecular formula is C25H30N2O6. The van der Waals surface area contributed by atoms with Gasteiger partial charge in [0.15, 0.2) is 0 Å². The maximum Gasteiger partial charge on any atom is 0.341 e. The van der Waals surface area contributed by atoms with Crippen LogP contribution >= 0.6 is 0 Å². The second-order valence-corrected chi connectivity index (χ2v) is 8.44. The minimum atomic E-state index is -0.787. The number of ether oxygens (including phenoxy) is 2. The van der Waals surface area contributed by atoms with E-state index in [-0.39, 0.29) is 23.3 Å². The van der Waals surface area contributed by atoms with E-state index in [2.05, 4.69) is 5.32 Å². The number of nitro groups is 1. The van der Waals surface area contributed by atoms with Crippen LogP contribution in [-0.2, 0) is 14.9 Å². The van der Waals surface area contributed by atoms with Gasteiger partial charge in [-0.1, -0.05) is 38.3 Å². The molecule has 33 heavy (non-hydrogen) atoms. The Labute approximate surface area is 193 Å². The zero-order valence-corrected chi connectivity index (χ0v) is 19.3. The zero-order chi connectivity index (χ0) is 24.0. The van der Waals surface area contributed by atoms with Crippen LogP contribution in [-0.4, -0.2) is 30.0 Å². The van der Waals surface area contributed by atoms with Crippen LogP contribution < -0.4 is 10.1 Å². The van der Waals surface area contributed by atoms with Crippen molar-refractivity contribution in [2.75, 3.05) is 12.4 Å². The van der Waals surface area contributed by atoms with Crippen LogP contribution in [0.3, 0.4) is 0 Å². The molecule has 0 saturated heterocycles. The van der Waals surface area contributed by atoms with E-state index in [1.165, 1.54) is 19.2 Å². The average molecular weight is 455 g/mol. The van der Waals surface area contributed by atoms with Crippen molar-refractivity contribution in [3.8, 4) is 5.75 Å². The first-order valence-electron chi connectivity index (χ1n) is 11.3. The number of hydrogen-bond acceptors (Lipinski definition) is 6. The highest BCUT2D eigenvalue weighted by molar-refractivity contribution is 6.01. The molecule has 176 valence electrons. The molecule has 0 unspecified atom stereocenters. The Morgan fingerprint density at radius 3 is 2.36 bits per heavy atom. The van der Waals surface area contributed by atoms with E-state index in [0.717, 1.165) is 31.2 Å². The van der Waals surface area contributed by atoms with Crippen molar-refractivity contribution < 1.29 is 24.0 Å². The number of amides is 1. The number of non-ortho nitro benzene ring substituents is 1. The molecule has 3 rings (SSSR count). The van der Waals surface area contributed by atoms with Crippen LogP contribution in [0.15, 0.2) is 42.5 Å². The summed E-state index contributed by atoms with van der Waals surface area (Å²) in [6.45, 7) is 3.90. The van der Waals surface area contributed by atoms with Gasteiger partial charge in [0.05, 0.1) is 23.6 Å². The van der Waals surface area contributed by atoms with Gasteiger partial charge >= 0.3 is 5.97 Å². The Morgan fingerprint density at radius 2 is 1.79 bits per heavy atom. The van der Waals surface area contributed by atoms with Gasteiger partial charge < -0.3 is 14.8 Å². The summed E-state index contributed by atoms with van der Waals surface area (Å²) in [5, 5.41) is 14.0. The summed E-state index contributed by atoms with van der Waals surface area (Å²) in [7, 11) is 1.30. The molecular weight excluding hydrogens is 424 g/mol. The molecule has 0 spiro atoms. The molecule has 1 saturated carbocycles. The van der Waals surface area contributed by atoms with Gasteiger partial charge in [0.1, 0.15) is 11.3 Å². The van der Waals surface area contributed by atoms with E-state index in [0.29, 0.717) is 24.3 Å². The number of rotatable bonds is 8. The molecule has 1 fully saturated rings. The summed E-state index contributed by atoms with van der Waals surface area (Å²) in [4.78, 5) is 36.5. The van der Waals surface area contributed by atoms with Crippen molar-refractivity contribution in [1.29, 1.82) is 0 Å². The molecule has 0 radical (unpaired) electrons. The van der Waals surface area contributed by atoms with E-state index >= 15 is 0 Å². The highest BCUT2D eigenvalue weighted by Crippen LogP contribution is 2.41. The van der Waals surface area contributed by atoms with Crippen molar-refractivity contribution in [3.63, 3.8) is 0 Å². The first-order valence-corrected chi connectivity index (χ1v) is 11.3. The number of anilines is 1. The summed E-state index contributed by atoms with van der Waals surface area (Å²) in [5.41, 5.74) is 0.664. The standard InChI is InChI=1S/C25H30N2O6/c1-4-17(2)33-22-13-10-19(16-21(22)23(28)32-3)26-24(29)25(14-6-5-7-15-25)18-8-11-20(12-9-18)27(30)31/h8-13,16-17H,4-7,14-15H2,1-3H3,(H,26,29)/t17-/m0/s1. The molecule has 2 aromatic rings. The normalized spacial score (nSPS) is 15.8. The van der Waals surface area contributed by atoms with Gasteiger partial charge in [0.25, 0.3) is 5.69 Å². The number of esters is 1. The number of methoxy groups -OCH3 is 1. The molecule has 1 amide bonds. The minimum Gasteiger partial charge on any atom is -0.490 e. The molecule has 0 bridgehead atoms. The van der Waals surface area contributed by atoms with E-state index in [1.807, 2.05) is 13.8 Å². The Morgan fingerprint density at radius 1 is 1.12 bits per heavy atom. The largest absolute Gasteiger partial charge is 0.490 e. The van der Waals surface area contributed by atoms with Crippen molar-refractivity contribution >= 4 is 23.3 Å². The second kappa shape index (κ2) is 10.5. The fourth-order valence-corrected chi connectivity index (χ4v) is 4.24.